The summed E-state index contributed by atoms with van der Waals surface area (Å²) in [6, 6.07) is 11.3. The minimum absolute atomic E-state index is 0.146. The topological polar surface area (TPSA) is 66.9 Å². The molecule has 2 aromatic rings. The van der Waals surface area contributed by atoms with Crippen LogP contribution in [0.3, 0.4) is 0 Å². The zero-order valence-corrected chi connectivity index (χ0v) is 15.8. The number of nitrogens with zero attached hydrogens (tertiary/aromatic N) is 2. The number of thioether (sulfide) groups is 1. The molecule has 0 saturated heterocycles. The zero-order chi connectivity index (χ0) is 18.5. The number of hydrogen-bond donors (Lipinski definition) is 0. The third-order valence-corrected chi connectivity index (χ3v) is 5.76. The van der Waals surface area contributed by atoms with E-state index in [0.717, 1.165) is 9.77 Å². The van der Waals surface area contributed by atoms with Crippen molar-refractivity contribution in [2.24, 2.45) is 0 Å². The van der Waals surface area contributed by atoms with Gasteiger partial charge in [-0.25, -0.2) is 0 Å². The van der Waals surface area contributed by atoms with E-state index in [0.29, 0.717) is 12.2 Å². The summed E-state index contributed by atoms with van der Waals surface area (Å²) in [6.45, 7) is -0.0548. The molecule has 0 fully saturated rings. The first-order chi connectivity index (χ1) is 12.5. The van der Waals surface area contributed by atoms with E-state index in [-0.39, 0.29) is 30.7 Å². The largest absolute Gasteiger partial charge is 0.454 e. The van der Waals surface area contributed by atoms with Gasteiger partial charge in [0.25, 0.3) is 5.91 Å². The van der Waals surface area contributed by atoms with Crippen LogP contribution in [-0.2, 0) is 25.7 Å². The van der Waals surface area contributed by atoms with Crippen LogP contribution in [0, 0.1) is 0 Å². The lowest BCUT2D eigenvalue weighted by Gasteiger charge is -2.28. The van der Waals surface area contributed by atoms with Gasteiger partial charge in [0.15, 0.2) is 6.61 Å². The first kappa shape index (κ1) is 18.5. The van der Waals surface area contributed by atoms with Gasteiger partial charge < -0.3 is 9.64 Å². The van der Waals surface area contributed by atoms with Crippen LogP contribution in [0.1, 0.15) is 4.88 Å². The molecule has 1 aromatic heterocycles. The first-order valence-corrected chi connectivity index (χ1v) is 9.85. The Morgan fingerprint density at radius 3 is 2.81 bits per heavy atom. The van der Waals surface area contributed by atoms with Gasteiger partial charge in [0.1, 0.15) is 6.54 Å². The lowest BCUT2D eigenvalue weighted by molar-refractivity contribution is -0.150. The Hall–Kier alpha value is -2.32. The number of rotatable bonds is 6. The predicted octanol–water partition coefficient (Wildman–Crippen LogP) is 2.39. The van der Waals surface area contributed by atoms with Crippen LogP contribution >= 0.6 is 23.1 Å². The molecule has 1 aliphatic rings. The molecule has 6 nitrogen and oxygen atoms in total. The van der Waals surface area contributed by atoms with Crippen LogP contribution in [0.4, 0.5) is 5.69 Å². The quantitative estimate of drug-likeness (QED) is 0.709. The van der Waals surface area contributed by atoms with Crippen molar-refractivity contribution in [2.75, 3.05) is 30.9 Å². The molecule has 8 heteroatoms. The molecule has 0 radical (unpaired) electrons. The summed E-state index contributed by atoms with van der Waals surface area (Å²) in [5, 5.41) is 1.94. The monoisotopic (exact) mass is 390 g/mol. The summed E-state index contributed by atoms with van der Waals surface area (Å²) in [5.74, 6) is -0.746. The Kier molecular flexibility index (Phi) is 5.95. The molecule has 0 atom stereocenters. The SMILES string of the molecule is CN(Cc1cccs1)C(=O)COC(=O)CN1C(=O)CSc2ccccc21. The van der Waals surface area contributed by atoms with E-state index in [9.17, 15) is 14.4 Å². The van der Waals surface area contributed by atoms with Crippen LogP contribution in [0.25, 0.3) is 0 Å². The fraction of sp³-hybridized carbons (Fsp3) is 0.278. The minimum Gasteiger partial charge on any atom is -0.454 e. The number of fused-ring (bicyclic) bond motifs is 1. The van der Waals surface area contributed by atoms with E-state index in [1.165, 1.54) is 21.6 Å². The highest BCUT2D eigenvalue weighted by atomic mass is 32.2. The van der Waals surface area contributed by atoms with Gasteiger partial charge in [0.05, 0.1) is 18.0 Å². The van der Waals surface area contributed by atoms with Crippen molar-refractivity contribution in [2.45, 2.75) is 11.4 Å². The van der Waals surface area contributed by atoms with Crippen molar-refractivity contribution in [1.29, 1.82) is 0 Å². The number of carbonyl (C=O) groups excluding carboxylic acids is 3. The van der Waals surface area contributed by atoms with E-state index in [4.69, 9.17) is 4.74 Å². The summed E-state index contributed by atoms with van der Waals surface area (Å²) >= 11 is 3.01. The second-order valence-electron chi connectivity index (χ2n) is 5.73. The molecule has 1 aliphatic heterocycles. The van der Waals surface area contributed by atoms with E-state index in [2.05, 4.69) is 0 Å². The minimum atomic E-state index is -0.599. The third kappa shape index (κ3) is 4.44. The van der Waals surface area contributed by atoms with Crippen LogP contribution < -0.4 is 4.90 Å². The molecule has 3 rings (SSSR count). The summed E-state index contributed by atoms with van der Waals surface area (Å²) in [5.41, 5.74) is 0.701. The number of hydrogen-bond acceptors (Lipinski definition) is 6. The predicted molar refractivity (Wildman–Crippen MR) is 101 cm³/mol. The van der Waals surface area contributed by atoms with Gasteiger partial charge in [-0.3, -0.25) is 19.3 Å². The fourth-order valence-corrected chi connectivity index (χ4v) is 4.17. The van der Waals surface area contributed by atoms with Crippen molar-refractivity contribution in [3.8, 4) is 0 Å². The molecule has 26 heavy (non-hydrogen) atoms. The molecule has 0 unspecified atom stereocenters. The number of amides is 2. The Morgan fingerprint density at radius 2 is 2.04 bits per heavy atom. The smallest absolute Gasteiger partial charge is 0.326 e. The Labute approximate surface area is 159 Å². The standard InChI is InChI=1S/C18H18N2O4S2/c1-19(9-13-5-4-8-25-13)16(21)11-24-18(23)10-20-14-6-2-3-7-15(14)26-12-17(20)22/h2-8H,9-12H2,1H3. The maximum Gasteiger partial charge on any atom is 0.326 e. The Balaban J connectivity index is 1.52. The van der Waals surface area contributed by atoms with Gasteiger partial charge >= 0.3 is 5.97 Å². The van der Waals surface area contributed by atoms with Crippen molar-refractivity contribution in [3.05, 3.63) is 46.7 Å². The summed E-state index contributed by atoms with van der Waals surface area (Å²) in [6.07, 6.45) is 0. The van der Waals surface area contributed by atoms with Crippen molar-refractivity contribution in [1.82, 2.24) is 4.90 Å². The molecular formula is C18H18N2O4S2. The number of ether oxygens (including phenoxy) is 1. The third-order valence-electron chi connectivity index (χ3n) is 3.85. The molecule has 0 aliphatic carbocycles. The number of likely N-dealkylation sites (N-methyl/N-ethyl adjacent to an activating group) is 1. The van der Waals surface area contributed by atoms with Gasteiger partial charge in [0, 0.05) is 16.8 Å². The zero-order valence-electron chi connectivity index (χ0n) is 14.2. The van der Waals surface area contributed by atoms with Crippen molar-refractivity contribution >= 4 is 46.6 Å². The fourth-order valence-electron chi connectivity index (χ4n) is 2.48. The second kappa shape index (κ2) is 8.37. The molecule has 0 N–H and O–H groups in total. The maximum atomic E-state index is 12.1. The molecular weight excluding hydrogens is 372 g/mol. The van der Waals surface area contributed by atoms with Crippen LogP contribution in [0.15, 0.2) is 46.7 Å². The van der Waals surface area contributed by atoms with E-state index < -0.39 is 5.97 Å². The van der Waals surface area contributed by atoms with E-state index in [1.54, 1.807) is 24.5 Å². The maximum absolute atomic E-state index is 12.1. The van der Waals surface area contributed by atoms with Crippen molar-refractivity contribution < 1.29 is 19.1 Å². The highest BCUT2D eigenvalue weighted by Gasteiger charge is 2.27. The Morgan fingerprint density at radius 1 is 1.23 bits per heavy atom. The van der Waals surface area contributed by atoms with E-state index >= 15 is 0 Å². The molecule has 136 valence electrons. The van der Waals surface area contributed by atoms with Crippen LogP contribution in [0.2, 0.25) is 0 Å². The molecule has 2 amide bonds. The van der Waals surface area contributed by atoms with Gasteiger partial charge in [-0.05, 0) is 23.6 Å². The van der Waals surface area contributed by atoms with Gasteiger partial charge in [-0.1, -0.05) is 18.2 Å². The first-order valence-electron chi connectivity index (χ1n) is 7.99. The average Bonchev–Trinajstić information content (AvgIpc) is 3.15. The summed E-state index contributed by atoms with van der Waals surface area (Å²) in [4.78, 5) is 41.3. The summed E-state index contributed by atoms with van der Waals surface area (Å²) < 4.78 is 5.08. The number of anilines is 1. The number of benzene rings is 1. The second-order valence-corrected chi connectivity index (χ2v) is 7.78. The molecule has 0 bridgehead atoms. The van der Waals surface area contributed by atoms with Crippen LogP contribution in [-0.4, -0.2) is 48.6 Å². The number of thiophene rings is 1. The molecule has 0 spiro atoms. The summed E-state index contributed by atoms with van der Waals surface area (Å²) in [7, 11) is 1.66. The Bertz CT molecular complexity index is 807. The number of carbonyl (C=O) groups is 3. The molecule has 0 saturated carbocycles. The van der Waals surface area contributed by atoms with Gasteiger partial charge in [-0.2, -0.15) is 0 Å². The lowest BCUT2D eigenvalue weighted by atomic mass is 10.2. The highest BCUT2D eigenvalue weighted by Crippen LogP contribution is 2.34. The van der Waals surface area contributed by atoms with E-state index in [1.807, 2.05) is 35.7 Å². The molecule has 1 aromatic carbocycles. The highest BCUT2D eigenvalue weighted by molar-refractivity contribution is 8.00. The van der Waals surface area contributed by atoms with Gasteiger partial charge in [-0.15, -0.1) is 23.1 Å². The van der Waals surface area contributed by atoms with Crippen molar-refractivity contribution in [3.63, 3.8) is 0 Å². The van der Waals surface area contributed by atoms with Gasteiger partial charge in [0.2, 0.25) is 5.91 Å². The molecule has 2 heterocycles. The average molecular weight is 390 g/mol. The number of para-hydroxylation sites is 1. The normalized spacial score (nSPS) is 13.3. The lowest BCUT2D eigenvalue weighted by Crippen LogP contribution is -2.40. The number of esters is 1. The van der Waals surface area contributed by atoms with Crippen LogP contribution in [0.5, 0.6) is 0 Å².